The van der Waals surface area contributed by atoms with E-state index in [1.807, 2.05) is 0 Å². The molecule has 0 saturated heterocycles. The maximum Gasteiger partial charge on any atom is 0.139 e. The molecule has 1 nitrogen and oxygen atoms in total. The van der Waals surface area contributed by atoms with Crippen LogP contribution in [0.5, 0.6) is 0 Å². The van der Waals surface area contributed by atoms with Crippen LogP contribution in [-0.4, -0.2) is 5.78 Å². The van der Waals surface area contributed by atoms with E-state index in [0.717, 1.165) is 38.5 Å². The van der Waals surface area contributed by atoms with Gasteiger partial charge in [0.05, 0.1) is 0 Å². The molecule has 84 valence electrons. The second-order valence-corrected chi connectivity index (χ2v) is 4.19. The van der Waals surface area contributed by atoms with Gasteiger partial charge in [0.15, 0.2) is 0 Å². The molecule has 0 atom stereocenters. The lowest BCUT2D eigenvalue weighted by Gasteiger charge is -2.19. The summed E-state index contributed by atoms with van der Waals surface area (Å²) in [6.45, 7) is 8.59. The second-order valence-electron chi connectivity index (χ2n) is 4.19. The minimum absolute atomic E-state index is 0.318. The third kappa shape index (κ3) is 4.26. The molecular formula is C13H26O. The van der Waals surface area contributed by atoms with E-state index in [9.17, 15) is 4.79 Å². The fraction of sp³-hybridized carbons (Fsp3) is 0.923. The quantitative estimate of drug-likeness (QED) is 0.571. The topological polar surface area (TPSA) is 17.1 Å². The van der Waals surface area contributed by atoms with Crippen LogP contribution in [0.2, 0.25) is 0 Å². The zero-order chi connectivity index (χ0) is 11.0. The van der Waals surface area contributed by atoms with Gasteiger partial charge in [-0.15, -0.1) is 0 Å². The molecule has 0 aliphatic heterocycles. The van der Waals surface area contributed by atoms with Gasteiger partial charge in [0.25, 0.3) is 0 Å². The highest BCUT2D eigenvalue weighted by molar-refractivity contribution is 5.83. The largest absolute Gasteiger partial charge is 0.299 e. The molecule has 0 spiro atoms. The summed E-state index contributed by atoms with van der Waals surface area (Å²) in [6, 6.07) is 0. The Balaban J connectivity index is 4.24. The second kappa shape index (κ2) is 8.02. The molecule has 0 aromatic carbocycles. The van der Waals surface area contributed by atoms with Gasteiger partial charge in [0.1, 0.15) is 5.78 Å². The van der Waals surface area contributed by atoms with Crippen molar-refractivity contribution in [1.82, 2.24) is 0 Å². The summed E-state index contributed by atoms with van der Waals surface area (Å²) in [5, 5.41) is 0. The van der Waals surface area contributed by atoms with Crippen molar-refractivity contribution in [3.05, 3.63) is 0 Å². The summed E-state index contributed by atoms with van der Waals surface area (Å²) in [6.07, 6.45) is 6.47. The van der Waals surface area contributed by atoms with E-state index in [0.29, 0.717) is 17.6 Å². The molecule has 0 unspecified atom stereocenters. The van der Waals surface area contributed by atoms with Crippen molar-refractivity contribution in [2.75, 3.05) is 0 Å². The van der Waals surface area contributed by atoms with Crippen molar-refractivity contribution < 1.29 is 4.79 Å². The van der Waals surface area contributed by atoms with Gasteiger partial charge >= 0.3 is 0 Å². The molecule has 0 bridgehead atoms. The smallest absolute Gasteiger partial charge is 0.139 e. The third-order valence-corrected chi connectivity index (χ3v) is 3.06. The average molecular weight is 198 g/mol. The van der Waals surface area contributed by atoms with Gasteiger partial charge in [-0.1, -0.05) is 40.5 Å². The van der Waals surface area contributed by atoms with E-state index in [2.05, 4.69) is 27.7 Å². The Morgan fingerprint density at radius 3 is 1.57 bits per heavy atom. The minimum atomic E-state index is 0.318. The molecule has 0 rings (SSSR count). The Labute approximate surface area is 89.3 Å². The average Bonchev–Trinajstić information content (AvgIpc) is 2.19. The highest BCUT2D eigenvalue weighted by Crippen LogP contribution is 2.22. The van der Waals surface area contributed by atoms with Crippen LogP contribution in [0.1, 0.15) is 66.2 Å². The number of Topliss-reactive ketones (excluding diaryl/α,β-unsaturated/α-hetero) is 1. The number of carbonyl (C=O) groups is 1. The molecule has 0 aliphatic carbocycles. The van der Waals surface area contributed by atoms with Crippen molar-refractivity contribution in [3.8, 4) is 0 Å². The van der Waals surface area contributed by atoms with Crippen LogP contribution in [0.25, 0.3) is 0 Å². The van der Waals surface area contributed by atoms with E-state index < -0.39 is 0 Å². The van der Waals surface area contributed by atoms with Gasteiger partial charge < -0.3 is 0 Å². The van der Waals surface area contributed by atoms with E-state index in [4.69, 9.17) is 0 Å². The van der Waals surface area contributed by atoms with Crippen molar-refractivity contribution >= 4 is 5.78 Å². The Kier molecular flexibility index (Phi) is 7.83. The maximum absolute atomic E-state index is 12.1. The van der Waals surface area contributed by atoms with Crippen LogP contribution in [0, 0.1) is 11.8 Å². The van der Waals surface area contributed by atoms with Crippen molar-refractivity contribution in [3.63, 3.8) is 0 Å². The SMILES string of the molecule is CCCC(CCC)C(=O)C(CC)CC. The zero-order valence-corrected chi connectivity index (χ0v) is 10.3. The van der Waals surface area contributed by atoms with Crippen LogP contribution in [0.4, 0.5) is 0 Å². The van der Waals surface area contributed by atoms with Crippen LogP contribution in [0.15, 0.2) is 0 Å². The Morgan fingerprint density at radius 1 is 0.857 bits per heavy atom. The monoisotopic (exact) mass is 198 g/mol. The molecule has 0 radical (unpaired) electrons. The maximum atomic E-state index is 12.1. The molecule has 0 aromatic heterocycles. The van der Waals surface area contributed by atoms with Gasteiger partial charge in [-0.2, -0.15) is 0 Å². The lowest BCUT2D eigenvalue weighted by atomic mass is 9.84. The highest BCUT2D eigenvalue weighted by Gasteiger charge is 2.22. The number of hydrogen-bond acceptors (Lipinski definition) is 1. The number of carbonyl (C=O) groups excluding carboxylic acids is 1. The first kappa shape index (κ1) is 13.7. The van der Waals surface area contributed by atoms with Crippen LogP contribution >= 0.6 is 0 Å². The van der Waals surface area contributed by atoms with E-state index >= 15 is 0 Å². The number of ketones is 1. The summed E-state index contributed by atoms with van der Waals surface area (Å²) in [4.78, 5) is 12.1. The van der Waals surface area contributed by atoms with Gasteiger partial charge in [0.2, 0.25) is 0 Å². The molecule has 0 amide bonds. The highest BCUT2D eigenvalue weighted by atomic mass is 16.1. The fourth-order valence-electron chi connectivity index (χ4n) is 2.15. The van der Waals surface area contributed by atoms with Crippen molar-refractivity contribution in [2.24, 2.45) is 11.8 Å². The lowest BCUT2D eigenvalue weighted by molar-refractivity contribution is -0.127. The summed E-state index contributed by atoms with van der Waals surface area (Å²) in [5.74, 6) is 1.19. The Hall–Kier alpha value is -0.330. The summed E-state index contributed by atoms with van der Waals surface area (Å²) in [5.41, 5.74) is 0. The number of hydrogen-bond donors (Lipinski definition) is 0. The molecule has 1 heteroatoms. The molecule has 0 aliphatic rings. The number of rotatable bonds is 8. The predicted octanol–water partition coefficient (Wildman–Crippen LogP) is 4.21. The van der Waals surface area contributed by atoms with Gasteiger partial charge in [0, 0.05) is 11.8 Å². The van der Waals surface area contributed by atoms with Crippen LogP contribution < -0.4 is 0 Å². The van der Waals surface area contributed by atoms with E-state index in [1.165, 1.54) is 0 Å². The predicted molar refractivity (Wildman–Crippen MR) is 62.4 cm³/mol. The van der Waals surface area contributed by atoms with Crippen molar-refractivity contribution in [2.45, 2.75) is 66.2 Å². The Bertz CT molecular complexity index is 141. The fourth-order valence-corrected chi connectivity index (χ4v) is 2.15. The molecule has 0 heterocycles. The molecule has 14 heavy (non-hydrogen) atoms. The summed E-state index contributed by atoms with van der Waals surface area (Å²) >= 11 is 0. The zero-order valence-electron chi connectivity index (χ0n) is 10.3. The molecule has 0 N–H and O–H groups in total. The van der Waals surface area contributed by atoms with Gasteiger partial charge in [-0.3, -0.25) is 4.79 Å². The normalized spacial score (nSPS) is 11.3. The minimum Gasteiger partial charge on any atom is -0.299 e. The first-order valence-electron chi connectivity index (χ1n) is 6.24. The van der Waals surface area contributed by atoms with Crippen LogP contribution in [-0.2, 0) is 4.79 Å². The van der Waals surface area contributed by atoms with Crippen molar-refractivity contribution in [1.29, 1.82) is 0 Å². The molecule has 0 saturated carbocycles. The van der Waals surface area contributed by atoms with E-state index in [-0.39, 0.29) is 0 Å². The van der Waals surface area contributed by atoms with Crippen LogP contribution in [0.3, 0.4) is 0 Å². The van der Waals surface area contributed by atoms with E-state index in [1.54, 1.807) is 0 Å². The van der Waals surface area contributed by atoms with Gasteiger partial charge in [-0.05, 0) is 25.7 Å². The summed E-state index contributed by atoms with van der Waals surface area (Å²) < 4.78 is 0. The molecule has 0 aromatic rings. The third-order valence-electron chi connectivity index (χ3n) is 3.06. The Morgan fingerprint density at radius 2 is 1.29 bits per heavy atom. The first-order chi connectivity index (χ1) is 6.71. The standard InChI is InChI=1S/C13H26O/c1-5-9-12(10-6-2)13(14)11(7-3)8-4/h11-12H,5-10H2,1-4H3. The van der Waals surface area contributed by atoms with Gasteiger partial charge in [-0.25, -0.2) is 0 Å². The molecular weight excluding hydrogens is 172 g/mol. The summed E-state index contributed by atoms with van der Waals surface area (Å²) in [7, 11) is 0. The lowest BCUT2D eigenvalue weighted by Crippen LogP contribution is -2.22. The first-order valence-corrected chi connectivity index (χ1v) is 6.24. The molecule has 0 fully saturated rings.